The number of benzene rings is 2. The molecular weight excluding hydrogens is 404 g/mol. The second-order valence-corrected chi connectivity index (χ2v) is 7.80. The van der Waals surface area contributed by atoms with Crippen molar-refractivity contribution < 1.29 is 14.3 Å². The van der Waals surface area contributed by atoms with Crippen LogP contribution < -0.4 is 10.6 Å². The average molecular weight is 433 g/mol. The zero-order valence-electron chi connectivity index (χ0n) is 18.2. The predicted octanol–water partition coefficient (Wildman–Crippen LogP) is 2.40. The molecule has 4 rings (SSSR count). The van der Waals surface area contributed by atoms with E-state index < -0.39 is 0 Å². The molecule has 0 aliphatic carbocycles. The Kier molecular flexibility index (Phi) is 6.99. The minimum atomic E-state index is -0.319. The van der Waals surface area contributed by atoms with Gasteiger partial charge in [-0.05, 0) is 24.3 Å². The number of morpholine rings is 1. The molecule has 2 N–H and O–H groups in total. The van der Waals surface area contributed by atoms with Crippen molar-refractivity contribution in [3.8, 4) is 0 Å². The van der Waals surface area contributed by atoms with Crippen LogP contribution in [-0.2, 0) is 16.6 Å². The lowest BCUT2D eigenvalue weighted by molar-refractivity contribution is -0.117. The van der Waals surface area contributed by atoms with E-state index >= 15 is 0 Å². The Morgan fingerprint density at radius 3 is 2.53 bits per heavy atom. The molecule has 0 atom stereocenters. The van der Waals surface area contributed by atoms with Crippen molar-refractivity contribution in [1.29, 1.82) is 0 Å². The van der Waals surface area contributed by atoms with Gasteiger partial charge in [0.1, 0.15) is 5.70 Å². The highest BCUT2D eigenvalue weighted by atomic mass is 16.5. The highest BCUT2D eigenvalue weighted by Crippen LogP contribution is 2.22. The van der Waals surface area contributed by atoms with Gasteiger partial charge in [0.15, 0.2) is 0 Å². The van der Waals surface area contributed by atoms with E-state index in [1.54, 1.807) is 30.3 Å². The van der Waals surface area contributed by atoms with Crippen molar-refractivity contribution in [2.45, 2.75) is 0 Å². The van der Waals surface area contributed by atoms with Crippen molar-refractivity contribution in [3.63, 3.8) is 0 Å². The minimum Gasteiger partial charge on any atom is -0.379 e. The Bertz CT molecular complexity index is 1110. The van der Waals surface area contributed by atoms with Crippen LogP contribution in [0.4, 0.5) is 0 Å². The van der Waals surface area contributed by atoms with Crippen molar-refractivity contribution in [3.05, 3.63) is 77.6 Å². The Balaban J connectivity index is 1.55. The summed E-state index contributed by atoms with van der Waals surface area (Å²) < 4.78 is 7.38. The number of aryl methyl sites for hydroxylation is 1. The van der Waals surface area contributed by atoms with Crippen LogP contribution in [0.25, 0.3) is 17.0 Å². The molecule has 7 heteroatoms. The smallest absolute Gasteiger partial charge is 0.267 e. The first kappa shape index (κ1) is 21.8. The largest absolute Gasteiger partial charge is 0.379 e. The second kappa shape index (κ2) is 10.3. The summed E-state index contributed by atoms with van der Waals surface area (Å²) in [6.45, 7) is 4.38. The first-order chi connectivity index (χ1) is 15.6. The van der Waals surface area contributed by atoms with Crippen LogP contribution in [0, 0.1) is 0 Å². The first-order valence-electron chi connectivity index (χ1n) is 10.8. The van der Waals surface area contributed by atoms with E-state index in [1.165, 1.54) is 0 Å². The zero-order chi connectivity index (χ0) is 22.3. The van der Waals surface area contributed by atoms with Crippen LogP contribution in [0.3, 0.4) is 0 Å². The average Bonchev–Trinajstić information content (AvgIpc) is 3.15. The third kappa shape index (κ3) is 5.25. The molecule has 7 nitrogen and oxygen atoms in total. The topological polar surface area (TPSA) is 75.6 Å². The van der Waals surface area contributed by atoms with Gasteiger partial charge in [0.25, 0.3) is 11.8 Å². The number of fused-ring (bicyclic) bond motifs is 1. The lowest BCUT2D eigenvalue weighted by atomic mass is 10.1. The van der Waals surface area contributed by atoms with Gasteiger partial charge in [-0.25, -0.2) is 0 Å². The molecule has 32 heavy (non-hydrogen) atoms. The van der Waals surface area contributed by atoms with Crippen molar-refractivity contribution in [2.24, 2.45) is 7.05 Å². The Morgan fingerprint density at radius 1 is 1.03 bits per heavy atom. The molecule has 0 bridgehead atoms. The first-order valence-corrected chi connectivity index (χ1v) is 10.8. The molecule has 0 unspecified atom stereocenters. The molecule has 166 valence electrons. The van der Waals surface area contributed by atoms with Crippen LogP contribution in [-0.4, -0.2) is 60.7 Å². The number of hydrogen-bond acceptors (Lipinski definition) is 4. The number of carbonyl (C=O) groups is 2. The molecule has 1 aliphatic heterocycles. The number of nitrogens with zero attached hydrogens (tertiary/aromatic N) is 2. The summed E-state index contributed by atoms with van der Waals surface area (Å²) in [4.78, 5) is 28.1. The maximum atomic E-state index is 13.1. The molecule has 1 aliphatic rings. The maximum Gasteiger partial charge on any atom is 0.267 e. The molecule has 1 saturated heterocycles. The number of rotatable bonds is 7. The van der Waals surface area contributed by atoms with Crippen LogP contribution in [0.2, 0.25) is 0 Å². The van der Waals surface area contributed by atoms with Gasteiger partial charge in [-0.15, -0.1) is 0 Å². The number of ether oxygens (including phenoxy) is 1. The molecule has 0 radical (unpaired) electrons. The van der Waals surface area contributed by atoms with Gasteiger partial charge >= 0.3 is 0 Å². The van der Waals surface area contributed by atoms with E-state index in [1.807, 2.05) is 48.1 Å². The second-order valence-electron chi connectivity index (χ2n) is 7.80. The molecule has 0 saturated carbocycles. The van der Waals surface area contributed by atoms with Gasteiger partial charge in [-0.1, -0.05) is 36.4 Å². The normalized spacial score (nSPS) is 15.0. The minimum absolute atomic E-state index is 0.220. The van der Waals surface area contributed by atoms with E-state index in [4.69, 9.17) is 4.74 Å². The Hall–Kier alpha value is -3.42. The fourth-order valence-electron chi connectivity index (χ4n) is 3.83. The van der Waals surface area contributed by atoms with E-state index in [2.05, 4.69) is 15.5 Å². The maximum absolute atomic E-state index is 13.1. The highest BCUT2D eigenvalue weighted by Gasteiger charge is 2.17. The lowest BCUT2D eigenvalue weighted by Crippen LogP contribution is -2.42. The van der Waals surface area contributed by atoms with Gasteiger partial charge in [0.05, 0.1) is 13.2 Å². The van der Waals surface area contributed by atoms with Crippen molar-refractivity contribution in [1.82, 2.24) is 20.1 Å². The molecule has 1 fully saturated rings. The number of amides is 2. The predicted molar refractivity (Wildman–Crippen MR) is 125 cm³/mol. The summed E-state index contributed by atoms with van der Waals surface area (Å²) in [5.41, 5.74) is 2.64. The van der Waals surface area contributed by atoms with Gasteiger partial charge in [0.2, 0.25) is 0 Å². The molecule has 0 spiro atoms. The van der Waals surface area contributed by atoms with Crippen molar-refractivity contribution >= 4 is 28.8 Å². The molecule has 2 aromatic carbocycles. The van der Waals surface area contributed by atoms with E-state index in [-0.39, 0.29) is 17.5 Å². The SMILES string of the molecule is Cn1cc(C=C(NC(=O)c2ccccc2)C(=O)NCCN2CCOCC2)c2ccccc21. The van der Waals surface area contributed by atoms with E-state index in [0.29, 0.717) is 25.3 Å². The van der Waals surface area contributed by atoms with Gasteiger partial charge in [-0.2, -0.15) is 0 Å². The van der Waals surface area contributed by atoms with E-state index in [9.17, 15) is 9.59 Å². The quantitative estimate of drug-likeness (QED) is 0.562. The molecular formula is C25H28N4O3. The van der Waals surface area contributed by atoms with Crippen LogP contribution in [0.15, 0.2) is 66.5 Å². The van der Waals surface area contributed by atoms with Gasteiger partial charge in [-0.3, -0.25) is 14.5 Å². The molecule has 1 aromatic heterocycles. The summed E-state index contributed by atoms with van der Waals surface area (Å²) in [7, 11) is 1.96. The Labute approximate surface area is 187 Å². The van der Waals surface area contributed by atoms with Gasteiger partial charge < -0.3 is 19.9 Å². The number of para-hydroxylation sites is 1. The molecule has 2 heterocycles. The van der Waals surface area contributed by atoms with Crippen LogP contribution in [0.1, 0.15) is 15.9 Å². The third-order valence-electron chi connectivity index (χ3n) is 5.57. The third-order valence-corrected chi connectivity index (χ3v) is 5.57. The highest BCUT2D eigenvalue weighted by molar-refractivity contribution is 6.06. The van der Waals surface area contributed by atoms with Crippen molar-refractivity contribution in [2.75, 3.05) is 39.4 Å². The number of carbonyl (C=O) groups excluding carboxylic acids is 2. The summed E-state index contributed by atoms with van der Waals surface area (Å²) >= 11 is 0. The van der Waals surface area contributed by atoms with E-state index in [0.717, 1.165) is 36.1 Å². The Morgan fingerprint density at radius 2 is 1.75 bits per heavy atom. The standard InChI is InChI=1S/C25H28N4O3/c1-28-18-20(21-9-5-6-10-23(21)28)17-22(27-24(30)19-7-3-2-4-8-19)25(31)26-11-12-29-13-15-32-16-14-29/h2-10,17-18H,11-16H2,1H3,(H,26,31)(H,27,30). The molecule has 3 aromatic rings. The lowest BCUT2D eigenvalue weighted by Gasteiger charge is -2.26. The molecule has 2 amide bonds. The monoisotopic (exact) mass is 432 g/mol. The summed E-state index contributed by atoms with van der Waals surface area (Å²) in [5, 5.41) is 6.78. The number of nitrogens with one attached hydrogen (secondary N) is 2. The zero-order valence-corrected chi connectivity index (χ0v) is 18.2. The fraction of sp³-hybridized carbons (Fsp3) is 0.280. The van der Waals surface area contributed by atoms with Gasteiger partial charge in [0, 0.05) is 61.5 Å². The van der Waals surface area contributed by atoms with Crippen LogP contribution in [0.5, 0.6) is 0 Å². The van der Waals surface area contributed by atoms with Crippen LogP contribution >= 0.6 is 0 Å². The summed E-state index contributed by atoms with van der Waals surface area (Å²) in [5.74, 6) is -0.629. The number of aromatic nitrogens is 1. The summed E-state index contributed by atoms with van der Waals surface area (Å²) in [6.07, 6.45) is 3.70. The summed E-state index contributed by atoms with van der Waals surface area (Å²) in [6, 6.07) is 16.9. The fourth-order valence-corrected chi connectivity index (χ4v) is 3.83. The number of hydrogen-bond donors (Lipinski definition) is 2.